The van der Waals surface area contributed by atoms with E-state index in [0.29, 0.717) is 17.4 Å². The molecule has 0 N–H and O–H groups in total. The van der Waals surface area contributed by atoms with Gasteiger partial charge in [0.05, 0.1) is 40.3 Å². The first-order chi connectivity index (χ1) is 35.1. The summed E-state index contributed by atoms with van der Waals surface area (Å²) in [7, 11) is 5.91. The minimum absolute atomic E-state index is 0.141. The molecule has 72 heavy (non-hydrogen) atoms. The second-order valence-corrected chi connectivity index (χ2v) is 20.6. The Labute approximate surface area is 442 Å². The number of likely N-dealkylation sites (N-methyl/N-ethyl adjacent to an activating group) is 1. The van der Waals surface area contributed by atoms with Gasteiger partial charge in [-0.15, -0.1) is 0 Å². The van der Waals surface area contributed by atoms with Crippen LogP contribution in [0.25, 0.3) is 0 Å². The molecule has 0 aliphatic carbocycles. The van der Waals surface area contributed by atoms with E-state index in [9.17, 15) is 19.5 Å². The summed E-state index contributed by atoms with van der Waals surface area (Å²) >= 11 is 0. The van der Waals surface area contributed by atoms with Crippen LogP contribution in [0, 0.1) is 0 Å². The first kappa shape index (κ1) is 68.5. The lowest BCUT2D eigenvalue weighted by Gasteiger charge is -2.26. The third-order valence-electron chi connectivity index (χ3n) is 12.4. The van der Waals surface area contributed by atoms with Crippen molar-refractivity contribution in [3.8, 4) is 0 Å². The monoisotopic (exact) mass is 1010 g/mol. The van der Waals surface area contributed by atoms with Gasteiger partial charge in [0.25, 0.3) is 0 Å². The maximum atomic E-state index is 12.9. The van der Waals surface area contributed by atoms with Gasteiger partial charge in [-0.1, -0.05) is 240 Å². The van der Waals surface area contributed by atoms with Crippen LogP contribution < -0.4 is 5.11 Å². The molecule has 2 atom stereocenters. The number of carbonyl (C=O) groups is 3. The Morgan fingerprint density at radius 2 is 0.792 bits per heavy atom. The molecule has 0 fully saturated rings. The Morgan fingerprint density at radius 1 is 0.431 bits per heavy atom. The molecule has 0 aromatic heterocycles. The lowest BCUT2D eigenvalue weighted by Crippen LogP contribution is -2.44. The van der Waals surface area contributed by atoms with Gasteiger partial charge in [0.15, 0.2) is 12.4 Å². The molecule has 9 heteroatoms. The zero-order valence-electron chi connectivity index (χ0n) is 47.0. The predicted octanol–water partition coefficient (Wildman–Crippen LogP) is 15.8. The zero-order valence-corrected chi connectivity index (χ0v) is 47.0. The molecule has 414 valence electrons. The fourth-order valence-corrected chi connectivity index (χ4v) is 7.93. The number of rotatable bonds is 53. The lowest BCUT2D eigenvalue weighted by atomic mass is 10.0. The Morgan fingerprint density at radius 3 is 1.18 bits per heavy atom. The molecular formula is C63H109NO8. The van der Waals surface area contributed by atoms with E-state index in [4.69, 9.17) is 18.9 Å². The number of aliphatic carboxylic acids is 1. The number of ether oxygens (including phenoxy) is 4. The number of carboxylic acid groups (broad SMARTS) is 1. The molecule has 0 aliphatic rings. The summed E-state index contributed by atoms with van der Waals surface area (Å²) in [5, 5.41) is 11.8. The van der Waals surface area contributed by atoms with Gasteiger partial charge < -0.3 is 33.3 Å². The molecule has 0 saturated heterocycles. The van der Waals surface area contributed by atoms with Crippen LogP contribution in [0.15, 0.2) is 85.1 Å². The summed E-state index contributed by atoms with van der Waals surface area (Å²) in [5.74, 6) is -2.31. The lowest BCUT2D eigenvalue weighted by molar-refractivity contribution is -0.870. The average molecular weight is 1010 g/mol. The van der Waals surface area contributed by atoms with Gasteiger partial charge in [-0.2, -0.15) is 0 Å². The molecule has 0 amide bonds. The van der Waals surface area contributed by atoms with Crippen LogP contribution in [-0.2, 0) is 33.3 Å². The molecule has 2 unspecified atom stereocenters. The van der Waals surface area contributed by atoms with Crippen molar-refractivity contribution in [2.75, 3.05) is 47.5 Å². The summed E-state index contributed by atoms with van der Waals surface area (Å²) in [6.07, 6.45) is 67.7. The SMILES string of the molecule is CC/C=C\C/C=C\C/C=C\C/C=C\C/C=C\C/C=C\C/C=C\CCCCCCCC(=O)OC(COC(=O)CCCCCCCCCCCCCCCCCCCCCC)COC(OCC[N+](C)(C)C)C(=O)[O-]. The third-order valence-corrected chi connectivity index (χ3v) is 12.4. The van der Waals surface area contributed by atoms with Gasteiger partial charge in [-0.25, -0.2) is 0 Å². The van der Waals surface area contributed by atoms with Crippen molar-refractivity contribution in [3.63, 3.8) is 0 Å². The van der Waals surface area contributed by atoms with Crippen LogP contribution in [0.5, 0.6) is 0 Å². The molecule has 0 bridgehead atoms. The number of esters is 2. The highest BCUT2D eigenvalue weighted by molar-refractivity contribution is 5.70. The highest BCUT2D eigenvalue weighted by Crippen LogP contribution is 2.16. The van der Waals surface area contributed by atoms with Gasteiger partial charge in [0.2, 0.25) is 0 Å². The van der Waals surface area contributed by atoms with Crippen molar-refractivity contribution in [1.82, 2.24) is 0 Å². The van der Waals surface area contributed by atoms with Gasteiger partial charge in [-0.3, -0.25) is 9.59 Å². The minimum atomic E-state index is -1.63. The van der Waals surface area contributed by atoms with E-state index in [2.05, 4.69) is 98.9 Å². The molecule has 0 aliphatic heterocycles. The fraction of sp³-hybridized carbons (Fsp3) is 0.730. The number of quaternary nitrogens is 1. The van der Waals surface area contributed by atoms with Crippen LogP contribution in [0.3, 0.4) is 0 Å². The van der Waals surface area contributed by atoms with Gasteiger partial charge in [0, 0.05) is 12.8 Å². The normalized spacial score (nSPS) is 13.4. The van der Waals surface area contributed by atoms with Crippen LogP contribution in [0.2, 0.25) is 0 Å². The highest BCUT2D eigenvalue weighted by Gasteiger charge is 2.22. The average Bonchev–Trinajstić information content (AvgIpc) is 3.35. The number of hydrogen-bond donors (Lipinski definition) is 0. The highest BCUT2D eigenvalue weighted by atomic mass is 16.7. The zero-order chi connectivity index (χ0) is 52.7. The summed E-state index contributed by atoms with van der Waals surface area (Å²) < 4.78 is 22.7. The van der Waals surface area contributed by atoms with Crippen LogP contribution in [0.4, 0.5) is 0 Å². The largest absolute Gasteiger partial charge is 0.545 e. The summed E-state index contributed by atoms with van der Waals surface area (Å²) in [5.41, 5.74) is 0. The number of carboxylic acids is 1. The molecule has 0 aromatic rings. The van der Waals surface area contributed by atoms with Crippen molar-refractivity contribution in [2.45, 2.75) is 251 Å². The van der Waals surface area contributed by atoms with Crippen molar-refractivity contribution in [1.29, 1.82) is 0 Å². The van der Waals surface area contributed by atoms with Crippen LogP contribution in [-0.4, -0.2) is 82.3 Å². The molecule has 0 spiro atoms. The van der Waals surface area contributed by atoms with E-state index in [1.807, 2.05) is 21.1 Å². The maximum absolute atomic E-state index is 12.9. The standard InChI is InChI=1S/C63H109NO8/c1-6-8-10-12-14-16-18-20-22-24-26-28-29-30-31-32-33-34-36-38-40-42-44-46-48-50-52-54-61(66)72-59(58-71-63(62(67)68)69-56-55-64(3,4)5)57-70-60(65)53-51-49-47-45-43-41-39-37-35-27-25-23-21-19-17-15-13-11-9-7-2/h8,10,14,16,20,22,26,28,30-31,33-34,38,40,59,63H,6-7,9,11-13,15,17-19,21,23-25,27,29,32,35-37,39,41-58H2,1-5H3/b10-8-,16-14-,22-20-,28-26-,31-30-,34-33-,40-38-. The van der Waals surface area contributed by atoms with E-state index < -0.39 is 24.3 Å². The first-order valence-corrected chi connectivity index (χ1v) is 29.2. The second-order valence-electron chi connectivity index (χ2n) is 20.6. The predicted molar refractivity (Wildman–Crippen MR) is 301 cm³/mol. The minimum Gasteiger partial charge on any atom is -0.545 e. The van der Waals surface area contributed by atoms with Gasteiger partial charge in [-0.05, 0) is 70.6 Å². The number of unbranched alkanes of at least 4 members (excludes halogenated alkanes) is 24. The summed E-state index contributed by atoms with van der Waals surface area (Å²) in [6.45, 7) is 4.63. The molecule has 0 aromatic carbocycles. The Balaban J connectivity index is 4.31. The maximum Gasteiger partial charge on any atom is 0.306 e. The molecule has 0 rings (SSSR count). The summed E-state index contributed by atoms with van der Waals surface area (Å²) in [4.78, 5) is 37.3. The van der Waals surface area contributed by atoms with E-state index in [-0.39, 0.29) is 38.6 Å². The Hall–Kier alpha value is -3.53. The number of allylic oxidation sites excluding steroid dienone is 14. The van der Waals surface area contributed by atoms with E-state index in [0.717, 1.165) is 96.3 Å². The molecule has 0 saturated carbocycles. The molecule has 0 heterocycles. The van der Waals surface area contributed by atoms with E-state index >= 15 is 0 Å². The second kappa shape index (κ2) is 53.8. The number of carbonyl (C=O) groups excluding carboxylic acids is 3. The first-order valence-electron chi connectivity index (χ1n) is 29.2. The third kappa shape index (κ3) is 54.2. The van der Waals surface area contributed by atoms with Crippen molar-refractivity contribution in [3.05, 3.63) is 85.1 Å². The summed E-state index contributed by atoms with van der Waals surface area (Å²) in [6, 6.07) is 0. The number of nitrogens with zero attached hydrogens (tertiary/aromatic N) is 1. The van der Waals surface area contributed by atoms with Crippen molar-refractivity contribution >= 4 is 17.9 Å². The molecule has 9 nitrogen and oxygen atoms in total. The topological polar surface area (TPSA) is 111 Å². The van der Waals surface area contributed by atoms with Crippen molar-refractivity contribution < 1.29 is 42.9 Å². The van der Waals surface area contributed by atoms with E-state index in [1.54, 1.807) is 0 Å². The van der Waals surface area contributed by atoms with Crippen LogP contribution >= 0.6 is 0 Å². The van der Waals surface area contributed by atoms with Crippen molar-refractivity contribution in [2.24, 2.45) is 0 Å². The smallest absolute Gasteiger partial charge is 0.306 e. The Kier molecular flexibility index (Phi) is 51.1. The van der Waals surface area contributed by atoms with E-state index in [1.165, 1.54) is 109 Å². The van der Waals surface area contributed by atoms with Gasteiger partial charge >= 0.3 is 11.9 Å². The molecule has 0 radical (unpaired) electrons. The fourth-order valence-electron chi connectivity index (χ4n) is 7.93. The van der Waals surface area contributed by atoms with Gasteiger partial charge in [0.1, 0.15) is 13.2 Å². The quantitative estimate of drug-likeness (QED) is 0.0195. The molecular weight excluding hydrogens is 899 g/mol. The number of hydrogen-bond acceptors (Lipinski definition) is 8. The van der Waals surface area contributed by atoms with Crippen LogP contribution in [0.1, 0.15) is 239 Å². The Bertz CT molecular complexity index is 1450.